The maximum absolute atomic E-state index is 13.0. The molecule has 0 fully saturated rings. The summed E-state index contributed by atoms with van der Waals surface area (Å²) in [5.74, 6) is -0.655. The number of esters is 1. The van der Waals surface area contributed by atoms with Gasteiger partial charge in [0, 0.05) is 19.8 Å². The zero-order chi connectivity index (χ0) is 25.0. The van der Waals surface area contributed by atoms with Gasteiger partial charge in [-0.2, -0.15) is 0 Å². The maximum atomic E-state index is 13.0. The van der Waals surface area contributed by atoms with E-state index in [1.54, 1.807) is 0 Å². The summed E-state index contributed by atoms with van der Waals surface area (Å²) < 4.78 is 10.7. The molecule has 3 aromatic rings. The molecule has 0 radical (unpaired) electrons. The van der Waals surface area contributed by atoms with Crippen LogP contribution in [0.3, 0.4) is 0 Å². The molecule has 0 unspecified atom stereocenters. The Hall–Kier alpha value is -4.13. The summed E-state index contributed by atoms with van der Waals surface area (Å²) in [6, 6.07) is 24.8. The van der Waals surface area contributed by atoms with Gasteiger partial charge in [-0.15, -0.1) is 0 Å². The van der Waals surface area contributed by atoms with E-state index in [-0.39, 0.29) is 12.3 Å². The van der Waals surface area contributed by atoms with Crippen LogP contribution in [0.5, 0.6) is 5.75 Å². The molecule has 2 amide bonds. The fourth-order valence-corrected chi connectivity index (χ4v) is 3.61. The Bertz CT molecular complexity index is 1100. The van der Waals surface area contributed by atoms with Crippen LogP contribution in [0.15, 0.2) is 84.9 Å². The van der Waals surface area contributed by atoms with E-state index in [0.29, 0.717) is 18.8 Å². The molecule has 0 spiro atoms. The van der Waals surface area contributed by atoms with E-state index in [2.05, 4.69) is 10.6 Å². The standard InChI is InChI=1S/C28H30N2O5/c1-20(31)29-25(17-21-9-5-3-6-10-21)27(32)30-26(28(33)34-2)18-22-13-15-24(16-14-22)35-19-23-11-7-4-8-12-23/h3-16,25-26H,17-19H2,1-2H3,(H,29,31)(H,30,32)/t25-,26+/m0/s1. The summed E-state index contributed by atoms with van der Waals surface area (Å²) in [6.07, 6.45) is 0.531. The highest BCUT2D eigenvalue weighted by atomic mass is 16.5. The van der Waals surface area contributed by atoms with Crippen molar-refractivity contribution in [1.29, 1.82) is 0 Å². The number of amides is 2. The van der Waals surface area contributed by atoms with Crippen molar-refractivity contribution in [2.45, 2.75) is 38.5 Å². The van der Waals surface area contributed by atoms with Crippen molar-refractivity contribution in [3.63, 3.8) is 0 Å². The van der Waals surface area contributed by atoms with Crippen molar-refractivity contribution < 1.29 is 23.9 Å². The van der Waals surface area contributed by atoms with E-state index in [4.69, 9.17) is 9.47 Å². The first kappa shape index (κ1) is 25.5. The maximum Gasteiger partial charge on any atom is 0.328 e. The third-order valence-electron chi connectivity index (χ3n) is 5.39. The first-order valence-electron chi connectivity index (χ1n) is 11.4. The Kier molecular flexibility index (Phi) is 9.42. The summed E-state index contributed by atoms with van der Waals surface area (Å²) in [5.41, 5.74) is 2.78. The van der Waals surface area contributed by atoms with Gasteiger partial charge in [0.15, 0.2) is 0 Å². The lowest BCUT2D eigenvalue weighted by Gasteiger charge is -2.22. The molecule has 0 aliphatic carbocycles. The number of hydrogen-bond donors (Lipinski definition) is 2. The Morgan fingerprint density at radius 1 is 0.714 bits per heavy atom. The van der Waals surface area contributed by atoms with Crippen molar-refractivity contribution in [3.8, 4) is 5.75 Å². The van der Waals surface area contributed by atoms with Gasteiger partial charge in [-0.25, -0.2) is 4.79 Å². The second-order valence-corrected chi connectivity index (χ2v) is 8.15. The van der Waals surface area contributed by atoms with Crippen LogP contribution >= 0.6 is 0 Å². The average molecular weight is 475 g/mol. The number of hydrogen-bond acceptors (Lipinski definition) is 5. The number of benzene rings is 3. The van der Waals surface area contributed by atoms with E-state index in [9.17, 15) is 14.4 Å². The first-order valence-corrected chi connectivity index (χ1v) is 11.4. The van der Waals surface area contributed by atoms with Crippen molar-refractivity contribution in [3.05, 3.63) is 102 Å². The van der Waals surface area contributed by atoms with E-state index < -0.39 is 24.0 Å². The fraction of sp³-hybridized carbons (Fsp3) is 0.250. The second-order valence-electron chi connectivity index (χ2n) is 8.15. The number of methoxy groups -OCH3 is 1. The van der Waals surface area contributed by atoms with E-state index in [1.807, 2.05) is 84.9 Å². The van der Waals surface area contributed by atoms with Crippen LogP contribution in [-0.2, 0) is 38.6 Å². The fourth-order valence-electron chi connectivity index (χ4n) is 3.61. The Morgan fingerprint density at radius 3 is 1.83 bits per heavy atom. The molecule has 2 atom stereocenters. The molecule has 0 aromatic heterocycles. The van der Waals surface area contributed by atoms with Gasteiger partial charge in [-0.3, -0.25) is 9.59 Å². The third-order valence-corrected chi connectivity index (χ3v) is 5.39. The van der Waals surface area contributed by atoms with Gasteiger partial charge >= 0.3 is 5.97 Å². The average Bonchev–Trinajstić information content (AvgIpc) is 2.88. The number of ether oxygens (including phenoxy) is 2. The Labute approximate surface area is 205 Å². The number of rotatable bonds is 11. The summed E-state index contributed by atoms with van der Waals surface area (Å²) in [5, 5.41) is 5.41. The third kappa shape index (κ3) is 8.30. The van der Waals surface area contributed by atoms with Crippen LogP contribution in [0, 0.1) is 0 Å². The van der Waals surface area contributed by atoms with Gasteiger partial charge in [-0.05, 0) is 28.8 Å². The molecule has 35 heavy (non-hydrogen) atoms. The highest BCUT2D eigenvalue weighted by Crippen LogP contribution is 2.16. The molecule has 2 N–H and O–H groups in total. The van der Waals surface area contributed by atoms with Gasteiger partial charge in [0.05, 0.1) is 7.11 Å². The van der Waals surface area contributed by atoms with Crippen molar-refractivity contribution in [1.82, 2.24) is 10.6 Å². The zero-order valence-electron chi connectivity index (χ0n) is 19.9. The van der Waals surface area contributed by atoms with Crippen LogP contribution in [0.1, 0.15) is 23.6 Å². The predicted octanol–water partition coefficient (Wildman–Crippen LogP) is 3.21. The zero-order valence-corrected chi connectivity index (χ0v) is 19.9. The quantitative estimate of drug-likeness (QED) is 0.416. The minimum absolute atomic E-state index is 0.232. The summed E-state index contributed by atoms with van der Waals surface area (Å²) in [6.45, 7) is 1.80. The number of carbonyl (C=O) groups is 3. The Balaban J connectivity index is 1.64. The summed E-state index contributed by atoms with van der Waals surface area (Å²) in [7, 11) is 1.28. The molecule has 3 rings (SSSR count). The molecule has 0 aliphatic rings. The highest BCUT2D eigenvalue weighted by molar-refractivity contribution is 5.90. The highest BCUT2D eigenvalue weighted by Gasteiger charge is 2.27. The van der Waals surface area contributed by atoms with Crippen molar-refractivity contribution in [2.75, 3.05) is 7.11 Å². The number of nitrogens with one attached hydrogen (secondary N) is 2. The summed E-state index contributed by atoms with van der Waals surface area (Å²) in [4.78, 5) is 37.2. The van der Waals surface area contributed by atoms with Gasteiger partial charge in [0.1, 0.15) is 24.4 Å². The van der Waals surface area contributed by atoms with E-state index in [1.165, 1.54) is 14.0 Å². The SMILES string of the molecule is COC(=O)[C@@H](Cc1ccc(OCc2ccccc2)cc1)NC(=O)[C@H](Cc1ccccc1)NC(C)=O. The lowest BCUT2D eigenvalue weighted by Crippen LogP contribution is -2.53. The van der Waals surface area contributed by atoms with E-state index in [0.717, 1.165) is 16.7 Å². The van der Waals surface area contributed by atoms with Crippen LogP contribution in [0.4, 0.5) is 0 Å². The minimum atomic E-state index is -0.907. The topological polar surface area (TPSA) is 93.7 Å². The molecule has 0 aliphatic heterocycles. The predicted molar refractivity (Wildman–Crippen MR) is 133 cm³/mol. The molecule has 7 heteroatoms. The largest absolute Gasteiger partial charge is 0.489 e. The van der Waals surface area contributed by atoms with Crippen LogP contribution in [0.25, 0.3) is 0 Å². The molecule has 0 saturated carbocycles. The Morgan fingerprint density at radius 2 is 1.26 bits per heavy atom. The van der Waals surface area contributed by atoms with Crippen LogP contribution in [0.2, 0.25) is 0 Å². The van der Waals surface area contributed by atoms with Crippen LogP contribution in [-0.4, -0.2) is 37.0 Å². The number of carbonyl (C=O) groups excluding carboxylic acids is 3. The van der Waals surface area contributed by atoms with Gasteiger partial charge in [0.2, 0.25) is 11.8 Å². The van der Waals surface area contributed by atoms with E-state index >= 15 is 0 Å². The first-order chi connectivity index (χ1) is 16.9. The normalized spacial score (nSPS) is 12.2. The molecule has 0 bridgehead atoms. The van der Waals surface area contributed by atoms with Gasteiger partial charge in [0.25, 0.3) is 0 Å². The molecule has 3 aromatic carbocycles. The van der Waals surface area contributed by atoms with Crippen molar-refractivity contribution >= 4 is 17.8 Å². The second kappa shape index (κ2) is 12.9. The molecule has 7 nitrogen and oxygen atoms in total. The summed E-state index contributed by atoms with van der Waals surface area (Å²) >= 11 is 0. The lowest BCUT2D eigenvalue weighted by molar-refractivity contribution is -0.145. The molecule has 0 heterocycles. The van der Waals surface area contributed by atoms with Crippen molar-refractivity contribution in [2.24, 2.45) is 0 Å². The van der Waals surface area contributed by atoms with Gasteiger partial charge < -0.3 is 20.1 Å². The minimum Gasteiger partial charge on any atom is -0.489 e. The molecule has 182 valence electrons. The van der Waals surface area contributed by atoms with Crippen LogP contribution < -0.4 is 15.4 Å². The van der Waals surface area contributed by atoms with Gasteiger partial charge in [-0.1, -0.05) is 72.8 Å². The molecule has 0 saturated heterocycles. The molecular weight excluding hydrogens is 444 g/mol. The lowest BCUT2D eigenvalue weighted by atomic mass is 10.0. The smallest absolute Gasteiger partial charge is 0.328 e. The monoisotopic (exact) mass is 474 g/mol. The molecular formula is C28H30N2O5.